The van der Waals surface area contributed by atoms with Gasteiger partial charge in [0.1, 0.15) is 24.4 Å². The van der Waals surface area contributed by atoms with Crippen LogP contribution in [0.2, 0.25) is 0 Å². The number of esters is 2. The molecule has 0 amide bonds. The first-order valence-electron chi connectivity index (χ1n) is 12.4. The Morgan fingerprint density at radius 3 is 2.54 bits per heavy atom. The Bertz CT molecular complexity index is 1160. The fourth-order valence-electron chi connectivity index (χ4n) is 9.52. The van der Waals surface area contributed by atoms with Gasteiger partial charge < -0.3 is 28.5 Å². The zero-order valence-electron chi connectivity index (χ0n) is 20.2. The molecule has 0 aromatic carbocycles. The average Bonchev–Trinajstić information content (AvgIpc) is 3.26. The first-order chi connectivity index (χ1) is 16.4. The number of hydrogen-bond donors (Lipinski definition) is 1. The van der Waals surface area contributed by atoms with E-state index in [2.05, 4.69) is 0 Å². The Morgan fingerprint density at radius 2 is 1.83 bits per heavy atom. The molecule has 6 fully saturated rings. The van der Waals surface area contributed by atoms with Crippen LogP contribution < -0.4 is 0 Å². The largest absolute Gasteiger partial charge is 0.472 e. The summed E-state index contributed by atoms with van der Waals surface area (Å²) in [5, 5.41) is 11.8. The minimum Gasteiger partial charge on any atom is -0.472 e. The Kier molecular flexibility index (Phi) is 3.88. The van der Waals surface area contributed by atoms with Crippen molar-refractivity contribution in [1.29, 1.82) is 0 Å². The van der Waals surface area contributed by atoms with Crippen LogP contribution in [0.4, 0.5) is 0 Å². The van der Waals surface area contributed by atoms with Crippen LogP contribution in [0.25, 0.3) is 0 Å². The highest BCUT2D eigenvalue weighted by molar-refractivity contribution is 5.92. The van der Waals surface area contributed by atoms with Crippen molar-refractivity contribution in [2.45, 2.75) is 82.6 Å². The lowest BCUT2D eigenvalue weighted by atomic mass is 9.36. The number of carbonyl (C=O) groups is 3. The van der Waals surface area contributed by atoms with Gasteiger partial charge in [-0.25, -0.2) is 4.79 Å². The minimum absolute atomic E-state index is 0.0520. The van der Waals surface area contributed by atoms with Gasteiger partial charge in [-0.1, -0.05) is 13.8 Å². The third-order valence-corrected chi connectivity index (χ3v) is 10.7. The molecule has 2 saturated carbocycles. The molecule has 2 aliphatic carbocycles. The van der Waals surface area contributed by atoms with Crippen molar-refractivity contribution in [3.8, 4) is 0 Å². The van der Waals surface area contributed by atoms with E-state index in [-0.39, 0.29) is 30.7 Å². The summed E-state index contributed by atoms with van der Waals surface area (Å²) in [5.74, 6) is -2.09. The van der Waals surface area contributed by atoms with E-state index in [0.717, 1.165) is 5.56 Å². The second-order valence-electron chi connectivity index (χ2n) is 12.3. The number of fused-ring (bicyclic) bond motifs is 1. The standard InChI is InChI=1S/C26H30O9/c1-22(2)17-16(28)18(29)24(4)13(25(17)11-32-15(27)9-14(25)34-22)5-7-23(3)19(12-6-8-31-10-12)33-21(30)20-26(23,24)35-20/h6,8,10,13-14,17-20,29H,5,7,9,11H2,1-4H3/t13?,14?,17?,18?,19?,20?,23-,24-,25-,26+/m0/s1. The number of rotatable bonds is 1. The number of epoxide rings is 1. The molecule has 4 saturated heterocycles. The Labute approximate surface area is 202 Å². The lowest BCUT2D eigenvalue weighted by Crippen LogP contribution is -2.76. The highest BCUT2D eigenvalue weighted by atomic mass is 16.7. The molecule has 1 aromatic heterocycles. The Balaban J connectivity index is 1.43. The smallest absolute Gasteiger partial charge is 0.339 e. The van der Waals surface area contributed by atoms with Crippen LogP contribution in [-0.2, 0) is 33.3 Å². The number of ether oxygens (including phenoxy) is 4. The molecule has 4 aliphatic heterocycles. The monoisotopic (exact) mass is 486 g/mol. The molecule has 188 valence electrons. The second kappa shape index (κ2) is 6.18. The summed E-state index contributed by atoms with van der Waals surface area (Å²) in [6, 6.07) is 1.77. The SMILES string of the molecule is CC1(C)OC2CC(=O)OC[C@@]23C1C(=O)C(O)[C@]1(C)C3CC[C@@]2(C)C(c3ccoc3)OC(=O)C3O[C@@]312. The summed E-state index contributed by atoms with van der Waals surface area (Å²) >= 11 is 0. The summed E-state index contributed by atoms with van der Waals surface area (Å²) in [6.07, 6.45) is 1.02. The van der Waals surface area contributed by atoms with E-state index in [0.29, 0.717) is 12.8 Å². The maximum absolute atomic E-state index is 14.1. The number of aliphatic hydroxyl groups excluding tert-OH is 1. The molecule has 35 heavy (non-hydrogen) atoms. The van der Waals surface area contributed by atoms with Crippen LogP contribution >= 0.6 is 0 Å². The first kappa shape index (κ1) is 22.0. The number of Topliss-reactive ketones (excluding diaryl/α,β-unsaturated/α-hetero) is 1. The van der Waals surface area contributed by atoms with E-state index >= 15 is 0 Å². The number of cyclic esters (lactones) is 2. The molecule has 9 heteroatoms. The van der Waals surface area contributed by atoms with Gasteiger partial charge in [0.2, 0.25) is 0 Å². The van der Waals surface area contributed by atoms with Gasteiger partial charge in [0.25, 0.3) is 0 Å². The van der Waals surface area contributed by atoms with Crippen LogP contribution in [-0.4, -0.2) is 58.9 Å². The Hall–Kier alpha value is -2.23. The zero-order valence-corrected chi connectivity index (χ0v) is 20.2. The minimum atomic E-state index is -1.37. The molecule has 10 atom stereocenters. The van der Waals surface area contributed by atoms with Crippen molar-refractivity contribution < 1.29 is 42.9 Å². The highest BCUT2D eigenvalue weighted by Crippen LogP contribution is 2.80. The topological polar surface area (TPSA) is 125 Å². The quantitative estimate of drug-likeness (QED) is 0.469. The van der Waals surface area contributed by atoms with Crippen LogP contribution in [0.15, 0.2) is 23.0 Å². The molecular formula is C26H30O9. The van der Waals surface area contributed by atoms with Crippen molar-refractivity contribution in [2.24, 2.45) is 28.1 Å². The van der Waals surface area contributed by atoms with Crippen LogP contribution in [0, 0.1) is 28.1 Å². The van der Waals surface area contributed by atoms with E-state index in [1.807, 2.05) is 27.7 Å². The molecule has 9 nitrogen and oxygen atoms in total. The number of hydrogen-bond acceptors (Lipinski definition) is 9. The van der Waals surface area contributed by atoms with Gasteiger partial charge in [-0.15, -0.1) is 0 Å². The molecule has 1 aromatic rings. The number of carbonyl (C=O) groups excluding carboxylic acids is 3. The molecule has 7 rings (SSSR count). The molecule has 0 bridgehead atoms. The van der Waals surface area contributed by atoms with Gasteiger partial charge in [-0.3, -0.25) is 9.59 Å². The van der Waals surface area contributed by atoms with E-state index in [9.17, 15) is 19.5 Å². The second-order valence-corrected chi connectivity index (χ2v) is 12.3. The lowest BCUT2D eigenvalue weighted by molar-refractivity contribution is -0.252. The van der Waals surface area contributed by atoms with Crippen LogP contribution in [0.5, 0.6) is 0 Å². The first-order valence-corrected chi connectivity index (χ1v) is 12.4. The van der Waals surface area contributed by atoms with Crippen molar-refractivity contribution in [2.75, 3.05) is 6.61 Å². The molecule has 6 unspecified atom stereocenters. The van der Waals surface area contributed by atoms with Crippen molar-refractivity contribution in [1.82, 2.24) is 0 Å². The van der Waals surface area contributed by atoms with Crippen molar-refractivity contribution in [3.05, 3.63) is 24.2 Å². The average molecular weight is 487 g/mol. The van der Waals surface area contributed by atoms with Crippen LogP contribution in [0.3, 0.4) is 0 Å². The van der Waals surface area contributed by atoms with E-state index in [1.54, 1.807) is 12.3 Å². The van der Waals surface area contributed by atoms with Gasteiger partial charge in [0, 0.05) is 21.8 Å². The Morgan fingerprint density at radius 1 is 1.06 bits per heavy atom. The number of furan rings is 1. The van der Waals surface area contributed by atoms with Crippen molar-refractivity contribution >= 4 is 17.7 Å². The zero-order chi connectivity index (χ0) is 24.8. The molecule has 5 heterocycles. The van der Waals surface area contributed by atoms with E-state index in [4.69, 9.17) is 23.4 Å². The molecule has 1 N–H and O–H groups in total. The summed E-state index contributed by atoms with van der Waals surface area (Å²) in [6.45, 7) is 7.66. The lowest BCUT2D eigenvalue weighted by Gasteiger charge is -2.66. The summed E-state index contributed by atoms with van der Waals surface area (Å²) in [7, 11) is 0. The fraction of sp³-hybridized carbons (Fsp3) is 0.731. The van der Waals surface area contributed by atoms with Crippen LogP contribution in [0.1, 0.15) is 58.6 Å². The van der Waals surface area contributed by atoms with Gasteiger partial charge in [-0.2, -0.15) is 0 Å². The predicted molar refractivity (Wildman–Crippen MR) is 116 cm³/mol. The fourth-order valence-corrected chi connectivity index (χ4v) is 9.52. The number of aliphatic hydroxyl groups is 1. The third-order valence-electron chi connectivity index (χ3n) is 10.7. The third kappa shape index (κ3) is 2.14. The van der Waals surface area contributed by atoms with E-state index < -0.39 is 63.8 Å². The van der Waals surface area contributed by atoms with Gasteiger partial charge in [0.15, 0.2) is 11.9 Å². The predicted octanol–water partition coefficient (Wildman–Crippen LogP) is 2.11. The number of ketones is 1. The van der Waals surface area contributed by atoms with E-state index in [1.165, 1.54) is 6.26 Å². The van der Waals surface area contributed by atoms with Gasteiger partial charge in [-0.05, 0) is 38.7 Å². The molecular weight excluding hydrogens is 456 g/mol. The highest BCUT2D eigenvalue weighted by Gasteiger charge is 2.90. The molecule has 0 radical (unpaired) electrons. The normalized spacial score (nSPS) is 53.3. The maximum atomic E-state index is 14.1. The summed E-state index contributed by atoms with van der Waals surface area (Å²) < 4.78 is 29.6. The summed E-state index contributed by atoms with van der Waals surface area (Å²) in [4.78, 5) is 39.6. The molecule has 6 aliphatic rings. The van der Waals surface area contributed by atoms with Gasteiger partial charge in [0.05, 0.1) is 36.6 Å². The molecule has 2 spiro atoms. The maximum Gasteiger partial charge on any atom is 0.339 e. The summed E-state index contributed by atoms with van der Waals surface area (Å²) in [5.41, 5.74) is -3.90. The van der Waals surface area contributed by atoms with Gasteiger partial charge >= 0.3 is 11.9 Å². The van der Waals surface area contributed by atoms with Crippen molar-refractivity contribution in [3.63, 3.8) is 0 Å².